The van der Waals surface area contributed by atoms with E-state index in [2.05, 4.69) is 11.8 Å². The van der Waals surface area contributed by atoms with Crippen molar-refractivity contribution >= 4 is 17.5 Å². The van der Waals surface area contributed by atoms with Crippen LogP contribution in [0.1, 0.15) is 32.6 Å². The summed E-state index contributed by atoms with van der Waals surface area (Å²) in [4.78, 5) is 16.1. The minimum Gasteiger partial charge on any atom is -0.340 e. The SMILES string of the molecule is CCCCCC(=O)N1CCN(CCCl)CC1. The van der Waals surface area contributed by atoms with Gasteiger partial charge in [-0.2, -0.15) is 0 Å². The Hall–Kier alpha value is -0.280. The van der Waals surface area contributed by atoms with E-state index in [1.165, 1.54) is 6.42 Å². The molecule has 0 aliphatic carbocycles. The molecule has 0 unspecified atom stereocenters. The summed E-state index contributed by atoms with van der Waals surface area (Å²) in [7, 11) is 0. The lowest BCUT2D eigenvalue weighted by atomic mass is 10.2. The van der Waals surface area contributed by atoms with Gasteiger partial charge in [0.15, 0.2) is 0 Å². The minimum atomic E-state index is 0.332. The van der Waals surface area contributed by atoms with Gasteiger partial charge in [-0.1, -0.05) is 19.8 Å². The summed E-state index contributed by atoms with van der Waals surface area (Å²) < 4.78 is 0. The van der Waals surface area contributed by atoms with Gasteiger partial charge < -0.3 is 4.90 Å². The van der Waals surface area contributed by atoms with Crippen LogP contribution in [0.5, 0.6) is 0 Å². The summed E-state index contributed by atoms with van der Waals surface area (Å²) in [6.07, 6.45) is 4.11. The molecule has 1 rings (SSSR count). The van der Waals surface area contributed by atoms with E-state index in [4.69, 9.17) is 11.6 Å². The first-order chi connectivity index (χ1) is 7.77. The van der Waals surface area contributed by atoms with Crippen LogP contribution in [0.15, 0.2) is 0 Å². The van der Waals surface area contributed by atoms with Gasteiger partial charge in [-0.3, -0.25) is 9.69 Å². The predicted molar refractivity (Wildman–Crippen MR) is 67.9 cm³/mol. The third-order valence-corrected chi connectivity index (χ3v) is 3.29. The Bertz CT molecular complexity index is 203. The average Bonchev–Trinajstić information content (AvgIpc) is 2.30. The Morgan fingerprint density at radius 2 is 1.88 bits per heavy atom. The zero-order valence-corrected chi connectivity index (χ0v) is 11.0. The molecule has 16 heavy (non-hydrogen) atoms. The molecule has 1 heterocycles. The molecule has 0 spiro atoms. The number of amides is 1. The second-order valence-electron chi connectivity index (χ2n) is 4.37. The monoisotopic (exact) mass is 246 g/mol. The van der Waals surface area contributed by atoms with E-state index >= 15 is 0 Å². The number of rotatable bonds is 6. The van der Waals surface area contributed by atoms with Gasteiger partial charge in [-0.05, 0) is 6.42 Å². The van der Waals surface area contributed by atoms with Gasteiger partial charge >= 0.3 is 0 Å². The fourth-order valence-electron chi connectivity index (χ4n) is 2.02. The molecule has 1 fully saturated rings. The number of hydrogen-bond donors (Lipinski definition) is 0. The van der Waals surface area contributed by atoms with Gasteiger partial charge in [-0.25, -0.2) is 0 Å². The van der Waals surface area contributed by atoms with Crippen LogP contribution < -0.4 is 0 Å². The second kappa shape index (κ2) is 7.91. The first-order valence-corrected chi connectivity index (χ1v) is 6.87. The standard InChI is InChI=1S/C12H23ClN2O/c1-2-3-4-5-12(16)15-10-8-14(7-6-13)9-11-15/h2-11H2,1H3. The van der Waals surface area contributed by atoms with Crippen LogP contribution in [0.4, 0.5) is 0 Å². The molecule has 0 atom stereocenters. The van der Waals surface area contributed by atoms with Crippen LogP contribution in [0.3, 0.4) is 0 Å². The van der Waals surface area contributed by atoms with E-state index in [0.29, 0.717) is 11.8 Å². The van der Waals surface area contributed by atoms with E-state index in [-0.39, 0.29) is 0 Å². The van der Waals surface area contributed by atoms with Gasteiger partial charge in [0.1, 0.15) is 0 Å². The van der Waals surface area contributed by atoms with Crippen molar-refractivity contribution < 1.29 is 4.79 Å². The van der Waals surface area contributed by atoms with Crippen LogP contribution in [0.2, 0.25) is 0 Å². The minimum absolute atomic E-state index is 0.332. The maximum Gasteiger partial charge on any atom is 0.222 e. The van der Waals surface area contributed by atoms with Crippen molar-refractivity contribution in [3.8, 4) is 0 Å². The molecule has 1 saturated heterocycles. The Labute approximate surface area is 104 Å². The van der Waals surface area contributed by atoms with Gasteiger partial charge in [0.05, 0.1) is 0 Å². The Balaban J connectivity index is 2.17. The molecule has 0 radical (unpaired) electrons. The van der Waals surface area contributed by atoms with Gasteiger partial charge in [0.2, 0.25) is 5.91 Å². The fraction of sp³-hybridized carbons (Fsp3) is 0.917. The van der Waals surface area contributed by atoms with E-state index in [1.807, 2.05) is 4.90 Å². The first kappa shape index (κ1) is 13.8. The molecule has 3 nitrogen and oxygen atoms in total. The number of nitrogens with zero attached hydrogens (tertiary/aromatic N) is 2. The number of unbranched alkanes of at least 4 members (excludes halogenated alkanes) is 2. The number of carbonyl (C=O) groups excluding carboxylic acids is 1. The molecule has 4 heteroatoms. The van der Waals surface area contributed by atoms with Crippen molar-refractivity contribution in [3.63, 3.8) is 0 Å². The maximum absolute atomic E-state index is 11.8. The predicted octanol–water partition coefficient (Wildman–Crippen LogP) is 1.95. The Morgan fingerprint density at radius 3 is 2.44 bits per heavy atom. The van der Waals surface area contributed by atoms with Crippen LogP contribution in [-0.4, -0.2) is 54.3 Å². The molecule has 0 bridgehead atoms. The topological polar surface area (TPSA) is 23.6 Å². The van der Waals surface area contributed by atoms with E-state index in [9.17, 15) is 4.79 Å². The fourth-order valence-corrected chi connectivity index (χ4v) is 2.26. The van der Waals surface area contributed by atoms with Gasteiger partial charge in [0, 0.05) is 45.0 Å². The highest BCUT2D eigenvalue weighted by molar-refractivity contribution is 6.18. The highest BCUT2D eigenvalue weighted by atomic mass is 35.5. The summed E-state index contributed by atoms with van der Waals surface area (Å²) in [5, 5.41) is 0. The smallest absolute Gasteiger partial charge is 0.222 e. The van der Waals surface area contributed by atoms with Crippen LogP contribution >= 0.6 is 11.6 Å². The Morgan fingerprint density at radius 1 is 1.19 bits per heavy atom. The molecule has 0 aromatic carbocycles. The number of hydrogen-bond acceptors (Lipinski definition) is 2. The first-order valence-electron chi connectivity index (χ1n) is 6.34. The van der Waals surface area contributed by atoms with Gasteiger partial charge in [0.25, 0.3) is 0 Å². The largest absolute Gasteiger partial charge is 0.340 e. The van der Waals surface area contributed by atoms with E-state index < -0.39 is 0 Å². The summed E-state index contributed by atoms with van der Waals surface area (Å²) >= 11 is 5.70. The molecule has 0 N–H and O–H groups in total. The number of carbonyl (C=O) groups is 1. The van der Waals surface area contributed by atoms with Crippen molar-refractivity contribution in [1.29, 1.82) is 0 Å². The molecular weight excluding hydrogens is 224 g/mol. The summed E-state index contributed by atoms with van der Waals surface area (Å²) in [5.41, 5.74) is 0. The maximum atomic E-state index is 11.8. The molecular formula is C12H23ClN2O. The zero-order chi connectivity index (χ0) is 11.8. The summed E-state index contributed by atoms with van der Waals surface area (Å²) in [6, 6.07) is 0. The van der Waals surface area contributed by atoms with Crippen molar-refractivity contribution in [2.75, 3.05) is 38.6 Å². The molecule has 94 valence electrons. The number of halogens is 1. The van der Waals surface area contributed by atoms with Crippen LogP contribution in [0.25, 0.3) is 0 Å². The highest BCUT2D eigenvalue weighted by Crippen LogP contribution is 2.07. The van der Waals surface area contributed by atoms with Crippen molar-refractivity contribution in [2.45, 2.75) is 32.6 Å². The zero-order valence-electron chi connectivity index (χ0n) is 10.3. The van der Waals surface area contributed by atoms with E-state index in [1.54, 1.807) is 0 Å². The summed E-state index contributed by atoms with van der Waals surface area (Å²) in [6.45, 7) is 6.82. The molecule has 0 aromatic rings. The lowest BCUT2D eigenvalue weighted by Crippen LogP contribution is -2.49. The quantitative estimate of drug-likeness (QED) is 0.528. The van der Waals surface area contributed by atoms with E-state index in [0.717, 1.165) is 52.0 Å². The third-order valence-electron chi connectivity index (χ3n) is 3.12. The molecule has 1 aliphatic heterocycles. The van der Waals surface area contributed by atoms with Crippen molar-refractivity contribution in [3.05, 3.63) is 0 Å². The van der Waals surface area contributed by atoms with Crippen LogP contribution in [0, 0.1) is 0 Å². The lowest BCUT2D eigenvalue weighted by Gasteiger charge is -2.34. The van der Waals surface area contributed by atoms with Crippen molar-refractivity contribution in [1.82, 2.24) is 9.80 Å². The molecule has 1 aliphatic rings. The average molecular weight is 247 g/mol. The molecule has 0 aromatic heterocycles. The van der Waals surface area contributed by atoms with Crippen LogP contribution in [-0.2, 0) is 4.79 Å². The number of piperazine rings is 1. The third kappa shape index (κ3) is 4.71. The number of alkyl halides is 1. The Kier molecular flexibility index (Phi) is 6.81. The second-order valence-corrected chi connectivity index (χ2v) is 4.75. The lowest BCUT2D eigenvalue weighted by molar-refractivity contribution is -0.133. The normalized spacial score (nSPS) is 17.8. The van der Waals surface area contributed by atoms with Crippen molar-refractivity contribution in [2.24, 2.45) is 0 Å². The molecule has 0 saturated carbocycles. The molecule has 1 amide bonds. The van der Waals surface area contributed by atoms with Gasteiger partial charge in [-0.15, -0.1) is 11.6 Å². The highest BCUT2D eigenvalue weighted by Gasteiger charge is 2.19. The summed E-state index contributed by atoms with van der Waals surface area (Å²) in [5.74, 6) is 1.02.